The van der Waals surface area contributed by atoms with Crippen molar-refractivity contribution >= 4 is 5.91 Å². The number of benzene rings is 1. The van der Waals surface area contributed by atoms with Crippen molar-refractivity contribution in [1.29, 1.82) is 0 Å². The molecule has 0 fully saturated rings. The number of rotatable bonds is 8. The first kappa shape index (κ1) is 17.8. The van der Waals surface area contributed by atoms with Crippen LogP contribution in [0.5, 0.6) is 0 Å². The Morgan fingerprint density at radius 2 is 2.19 bits per heavy atom. The summed E-state index contributed by atoms with van der Waals surface area (Å²) in [7, 11) is 0. The Labute approximate surface area is 148 Å². The highest BCUT2D eigenvalue weighted by Crippen LogP contribution is 2.24. The molecule has 3 rings (SSSR count). The number of aromatic nitrogens is 3. The Hall–Kier alpha value is -3.03. The van der Waals surface area contributed by atoms with Gasteiger partial charge in [0.05, 0.1) is 18.1 Å². The van der Waals surface area contributed by atoms with E-state index in [1.165, 1.54) is 12.3 Å². The highest BCUT2D eigenvalue weighted by Gasteiger charge is 2.12. The van der Waals surface area contributed by atoms with Crippen molar-refractivity contribution < 1.29 is 18.0 Å². The Morgan fingerprint density at radius 3 is 2.96 bits per heavy atom. The third kappa shape index (κ3) is 4.75. The molecule has 1 aromatic carbocycles. The molecule has 0 aliphatic carbocycles. The van der Waals surface area contributed by atoms with Gasteiger partial charge in [-0.1, -0.05) is 0 Å². The SMILES string of the molecule is O=C(CCc1ncc(-c2ccc(F)cc2F)o1)NCCCn1ccnc1. The third-order valence-electron chi connectivity index (χ3n) is 3.79. The number of hydrogen-bond acceptors (Lipinski definition) is 4. The number of amides is 1. The fourth-order valence-corrected chi connectivity index (χ4v) is 2.46. The Kier molecular flexibility index (Phi) is 5.73. The van der Waals surface area contributed by atoms with E-state index >= 15 is 0 Å². The van der Waals surface area contributed by atoms with Gasteiger partial charge < -0.3 is 14.3 Å². The van der Waals surface area contributed by atoms with Crippen LogP contribution in [0.2, 0.25) is 0 Å². The maximum absolute atomic E-state index is 13.7. The van der Waals surface area contributed by atoms with E-state index in [-0.39, 0.29) is 23.7 Å². The van der Waals surface area contributed by atoms with Crippen molar-refractivity contribution in [3.8, 4) is 11.3 Å². The number of halogens is 2. The second kappa shape index (κ2) is 8.37. The second-order valence-electron chi connectivity index (χ2n) is 5.75. The van der Waals surface area contributed by atoms with E-state index in [1.54, 1.807) is 12.5 Å². The zero-order chi connectivity index (χ0) is 18.4. The predicted molar refractivity (Wildman–Crippen MR) is 90.0 cm³/mol. The molecule has 0 unspecified atom stereocenters. The maximum Gasteiger partial charge on any atom is 0.220 e. The van der Waals surface area contributed by atoms with Gasteiger partial charge in [-0.15, -0.1) is 0 Å². The summed E-state index contributed by atoms with van der Waals surface area (Å²) in [6.07, 6.45) is 8.00. The topological polar surface area (TPSA) is 73.0 Å². The average Bonchev–Trinajstić information content (AvgIpc) is 3.29. The minimum atomic E-state index is -0.719. The quantitative estimate of drug-likeness (QED) is 0.627. The summed E-state index contributed by atoms with van der Waals surface area (Å²) >= 11 is 0. The van der Waals surface area contributed by atoms with Gasteiger partial charge in [-0.2, -0.15) is 0 Å². The van der Waals surface area contributed by atoms with Gasteiger partial charge in [0, 0.05) is 44.4 Å². The lowest BCUT2D eigenvalue weighted by Crippen LogP contribution is -2.25. The van der Waals surface area contributed by atoms with E-state index in [2.05, 4.69) is 15.3 Å². The molecule has 1 amide bonds. The minimum Gasteiger partial charge on any atom is -0.441 e. The lowest BCUT2D eigenvalue weighted by molar-refractivity contribution is -0.121. The van der Waals surface area contributed by atoms with Gasteiger partial charge >= 0.3 is 0 Å². The summed E-state index contributed by atoms with van der Waals surface area (Å²) in [5.74, 6) is -0.946. The van der Waals surface area contributed by atoms with E-state index in [9.17, 15) is 13.6 Å². The zero-order valence-electron chi connectivity index (χ0n) is 14.0. The third-order valence-corrected chi connectivity index (χ3v) is 3.79. The molecule has 2 aromatic heterocycles. The molecule has 0 aliphatic rings. The molecule has 136 valence electrons. The van der Waals surface area contributed by atoms with Crippen molar-refractivity contribution in [2.24, 2.45) is 0 Å². The van der Waals surface area contributed by atoms with Crippen LogP contribution >= 0.6 is 0 Å². The molecule has 1 N–H and O–H groups in total. The van der Waals surface area contributed by atoms with E-state index in [0.717, 1.165) is 25.1 Å². The minimum absolute atomic E-state index is 0.108. The van der Waals surface area contributed by atoms with Crippen LogP contribution in [0.1, 0.15) is 18.7 Å². The number of carbonyl (C=O) groups is 1. The van der Waals surface area contributed by atoms with Crippen molar-refractivity contribution in [3.05, 3.63) is 60.6 Å². The summed E-state index contributed by atoms with van der Waals surface area (Å²) in [6.45, 7) is 1.35. The summed E-state index contributed by atoms with van der Waals surface area (Å²) in [5, 5.41) is 2.83. The first-order valence-corrected chi connectivity index (χ1v) is 8.24. The standard InChI is InChI=1S/C18H18F2N4O2/c19-13-2-3-14(15(20)10-13)16-11-23-18(26-16)5-4-17(25)22-6-1-8-24-9-7-21-12-24/h2-3,7,9-12H,1,4-6,8H2,(H,22,25). The van der Waals surface area contributed by atoms with E-state index in [0.29, 0.717) is 18.9 Å². The van der Waals surface area contributed by atoms with Gasteiger partial charge in [0.15, 0.2) is 11.7 Å². The largest absolute Gasteiger partial charge is 0.441 e. The average molecular weight is 360 g/mol. The van der Waals surface area contributed by atoms with Gasteiger partial charge in [-0.25, -0.2) is 18.7 Å². The molecule has 0 saturated heterocycles. The first-order valence-electron chi connectivity index (χ1n) is 8.24. The van der Waals surface area contributed by atoms with E-state index < -0.39 is 11.6 Å². The molecule has 0 spiro atoms. The fourth-order valence-electron chi connectivity index (χ4n) is 2.46. The number of hydrogen-bond donors (Lipinski definition) is 1. The number of carbonyl (C=O) groups excluding carboxylic acids is 1. The molecular formula is C18H18F2N4O2. The number of nitrogens with zero attached hydrogens (tertiary/aromatic N) is 3. The normalized spacial score (nSPS) is 10.8. The molecule has 0 radical (unpaired) electrons. The van der Waals surface area contributed by atoms with Crippen LogP contribution in [0.3, 0.4) is 0 Å². The zero-order valence-corrected chi connectivity index (χ0v) is 14.0. The number of imidazole rings is 1. The number of nitrogens with one attached hydrogen (secondary N) is 1. The predicted octanol–water partition coefficient (Wildman–Crippen LogP) is 2.96. The van der Waals surface area contributed by atoms with Crippen LogP contribution in [0, 0.1) is 11.6 Å². The van der Waals surface area contributed by atoms with Crippen molar-refractivity contribution in [2.45, 2.75) is 25.8 Å². The Bertz CT molecular complexity index is 862. The first-order chi connectivity index (χ1) is 12.6. The highest BCUT2D eigenvalue weighted by molar-refractivity contribution is 5.76. The van der Waals surface area contributed by atoms with Crippen LogP contribution in [0.4, 0.5) is 8.78 Å². The van der Waals surface area contributed by atoms with Crippen LogP contribution < -0.4 is 5.32 Å². The molecule has 8 heteroatoms. The molecular weight excluding hydrogens is 342 g/mol. The number of aryl methyl sites for hydroxylation is 2. The highest BCUT2D eigenvalue weighted by atomic mass is 19.1. The van der Waals surface area contributed by atoms with Gasteiger partial charge in [-0.3, -0.25) is 4.79 Å². The Morgan fingerprint density at radius 1 is 1.31 bits per heavy atom. The van der Waals surface area contributed by atoms with Crippen molar-refractivity contribution in [2.75, 3.05) is 6.54 Å². The monoisotopic (exact) mass is 360 g/mol. The van der Waals surface area contributed by atoms with Gasteiger partial charge in [0.2, 0.25) is 5.91 Å². The Balaban J connectivity index is 1.43. The molecule has 3 aromatic rings. The maximum atomic E-state index is 13.7. The van der Waals surface area contributed by atoms with Crippen LogP contribution in [-0.4, -0.2) is 27.0 Å². The van der Waals surface area contributed by atoms with Gasteiger partial charge in [0.1, 0.15) is 11.6 Å². The molecule has 0 aliphatic heterocycles. The summed E-state index contributed by atoms with van der Waals surface area (Å²) in [4.78, 5) is 19.8. The summed E-state index contributed by atoms with van der Waals surface area (Å²) in [6, 6.07) is 3.23. The van der Waals surface area contributed by atoms with Crippen LogP contribution in [0.25, 0.3) is 11.3 Å². The molecule has 2 heterocycles. The molecule has 0 saturated carbocycles. The van der Waals surface area contributed by atoms with Crippen molar-refractivity contribution in [3.63, 3.8) is 0 Å². The molecule has 26 heavy (non-hydrogen) atoms. The second-order valence-corrected chi connectivity index (χ2v) is 5.75. The fraction of sp³-hybridized carbons (Fsp3) is 0.278. The van der Waals surface area contributed by atoms with Crippen molar-refractivity contribution in [1.82, 2.24) is 19.9 Å². The molecule has 0 bridgehead atoms. The van der Waals surface area contributed by atoms with E-state index in [4.69, 9.17) is 4.42 Å². The summed E-state index contributed by atoms with van der Waals surface area (Å²) < 4.78 is 34.1. The summed E-state index contributed by atoms with van der Waals surface area (Å²) in [5.41, 5.74) is 0.133. The number of oxazole rings is 1. The van der Waals surface area contributed by atoms with Crippen LogP contribution in [0.15, 0.2) is 47.5 Å². The smallest absolute Gasteiger partial charge is 0.220 e. The van der Waals surface area contributed by atoms with Gasteiger partial charge in [0.25, 0.3) is 0 Å². The van der Waals surface area contributed by atoms with Crippen LogP contribution in [-0.2, 0) is 17.8 Å². The van der Waals surface area contributed by atoms with Gasteiger partial charge in [-0.05, 0) is 18.6 Å². The lowest BCUT2D eigenvalue weighted by atomic mass is 10.2. The van der Waals surface area contributed by atoms with E-state index in [1.807, 2.05) is 10.8 Å². The molecule has 0 atom stereocenters. The molecule has 6 nitrogen and oxygen atoms in total. The lowest BCUT2D eigenvalue weighted by Gasteiger charge is -2.05.